The van der Waals surface area contributed by atoms with Crippen LogP contribution in [-0.2, 0) is 16.1 Å². The maximum absolute atomic E-state index is 12.0. The Kier molecular flexibility index (Phi) is 4.85. The highest BCUT2D eigenvalue weighted by Crippen LogP contribution is 2.14. The average molecular weight is 284 g/mol. The SMILES string of the molecule is CC(C(=O)OO)C(=O)c1ccc(Cc2ccccc2)cc1. The Morgan fingerprint density at radius 3 is 2.14 bits per heavy atom. The number of Topliss-reactive ketones (excluding diaryl/α,β-unsaturated/α-hetero) is 1. The zero-order chi connectivity index (χ0) is 15.2. The van der Waals surface area contributed by atoms with Crippen molar-refractivity contribution in [3.8, 4) is 0 Å². The van der Waals surface area contributed by atoms with Gasteiger partial charge >= 0.3 is 5.97 Å². The fourth-order valence-corrected chi connectivity index (χ4v) is 2.05. The average Bonchev–Trinajstić information content (AvgIpc) is 2.54. The fraction of sp³-hybridized carbons (Fsp3) is 0.176. The number of hydrogen-bond donors (Lipinski definition) is 1. The van der Waals surface area contributed by atoms with Crippen LogP contribution in [0, 0.1) is 5.92 Å². The third kappa shape index (κ3) is 3.77. The van der Waals surface area contributed by atoms with Crippen molar-refractivity contribution in [2.45, 2.75) is 13.3 Å². The summed E-state index contributed by atoms with van der Waals surface area (Å²) >= 11 is 0. The molecule has 0 heterocycles. The van der Waals surface area contributed by atoms with Gasteiger partial charge in [-0.2, -0.15) is 5.26 Å². The standard InChI is InChI=1S/C17H16O4/c1-12(17(19)21-20)16(18)15-9-7-14(8-10-15)11-13-5-3-2-4-6-13/h2-10,12,20H,11H2,1H3. The van der Waals surface area contributed by atoms with E-state index < -0.39 is 11.9 Å². The van der Waals surface area contributed by atoms with Crippen LogP contribution in [0.2, 0.25) is 0 Å². The van der Waals surface area contributed by atoms with Gasteiger partial charge in [0.05, 0.1) is 0 Å². The molecule has 108 valence electrons. The number of benzene rings is 2. The van der Waals surface area contributed by atoms with Crippen LogP contribution in [0.4, 0.5) is 0 Å². The van der Waals surface area contributed by atoms with E-state index in [1.54, 1.807) is 12.1 Å². The summed E-state index contributed by atoms with van der Waals surface area (Å²) in [6.45, 7) is 1.40. The van der Waals surface area contributed by atoms with Crippen molar-refractivity contribution in [3.63, 3.8) is 0 Å². The van der Waals surface area contributed by atoms with Crippen LogP contribution >= 0.6 is 0 Å². The third-order valence-electron chi connectivity index (χ3n) is 3.33. The van der Waals surface area contributed by atoms with E-state index in [-0.39, 0.29) is 5.78 Å². The topological polar surface area (TPSA) is 63.6 Å². The van der Waals surface area contributed by atoms with Crippen LogP contribution in [0.5, 0.6) is 0 Å². The second-order valence-electron chi connectivity index (χ2n) is 4.86. The first-order valence-corrected chi connectivity index (χ1v) is 6.64. The summed E-state index contributed by atoms with van der Waals surface area (Å²) in [4.78, 5) is 26.7. The molecule has 0 aliphatic rings. The summed E-state index contributed by atoms with van der Waals surface area (Å²) in [6, 6.07) is 17.1. The zero-order valence-electron chi connectivity index (χ0n) is 11.7. The Balaban J connectivity index is 2.08. The first-order chi connectivity index (χ1) is 10.1. The zero-order valence-corrected chi connectivity index (χ0v) is 11.7. The molecule has 0 fully saturated rings. The largest absolute Gasteiger partial charge is 0.352 e. The van der Waals surface area contributed by atoms with Crippen LogP contribution < -0.4 is 0 Å². The number of carbonyl (C=O) groups excluding carboxylic acids is 2. The number of carbonyl (C=O) groups is 2. The van der Waals surface area contributed by atoms with Crippen molar-refractivity contribution < 1.29 is 19.7 Å². The van der Waals surface area contributed by atoms with Crippen molar-refractivity contribution in [1.29, 1.82) is 0 Å². The first-order valence-electron chi connectivity index (χ1n) is 6.64. The third-order valence-corrected chi connectivity index (χ3v) is 3.33. The van der Waals surface area contributed by atoms with Crippen LogP contribution in [0.1, 0.15) is 28.4 Å². The first kappa shape index (κ1) is 14.9. The molecule has 0 aliphatic carbocycles. The smallest absolute Gasteiger partial charge is 0.300 e. The second-order valence-corrected chi connectivity index (χ2v) is 4.86. The van der Waals surface area contributed by atoms with Crippen molar-refractivity contribution in [2.75, 3.05) is 0 Å². The van der Waals surface area contributed by atoms with Gasteiger partial charge in [-0.3, -0.25) is 4.79 Å². The molecule has 4 nitrogen and oxygen atoms in total. The van der Waals surface area contributed by atoms with Gasteiger partial charge in [0.25, 0.3) is 0 Å². The summed E-state index contributed by atoms with van der Waals surface area (Å²) in [5.41, 5.74) is 2.69. The number of hydrogen-bond acceptors (Lipinski definition) is 4. The highest BCUT2D eigenvalue weighted by atomic mass is 17.1. The summed E-state index contributed by atoms with van der Waals surface area (Å²) in [5, 5.41) is 8.31. The quantitative estimate of drug-likeness (QED) is 0.396. The molecule has 0 spiro atoms. The van der Waals surface area contributed by atoms with Gasteiger partial charge in [0.1, 0.15) is 5.92 Å². The van der Waals surface area contributed by atoms with Crippen molar-refractivity contribution in [2.24, 2.45) is 5.92 Å². The van der Waals surface area contributed by atoms with Crippen LogP contribution in [-0.4, -0.2) is 17.0 Å². The van der Waals surface area contributed by atoms with Gasteiger partial charge < -0.3 is 4.89 Å². The minimum Gasteiger partial charge on any atom is -0.300 e. The maximum Gasteiger partial charge on any atom is 0.352 e. The molecule has 0 bridgehead atoms. The van der Waals surface area contributed by atoms with E-state index in [2.05, 4.69) is 4.89 Å². The second kappa shape index (κ2) is 6.81. The molecule has 0 saturated heterocycles. The van der Waals surface area contributed by atoms with E-state index in [1.807, 2.05) is 42.5 Å². The molecule has 0 aliphatic heterocycles. The lowest BCUT2D eigenvalue weighted by Gasteiger charge is -2.08. The Morgan fingerprint density at radius 1 is 1.00 bits per heavy atom. The molecule has 1 N–H and O–H groups in total. The summed E-state index contributed by atoms with van der Waals surface area (Å²) in [7, 11) is 0. The molecule has 4 heteroatoms. The molecule has 0 radical (unpaired) electrons. The lowest BCUT2D eigenvalue weighted by atomic mass is 9.97. The number of ketones is 1. The maximum atomic E-state index is 12.0. The Labute approximate surface area is 122 Å². The van der Waals surface area contributed by atoms with Gasteiger partial charge in [-0.25, -0.2) is 4.79 Å². The lowest BCUT2D eigenvalue weighted by molar-refractivity contribution is -0.236. The Morgan fingerprint density at radius 2 is 1.57 bits per heavy atom. The molecule has 0 saturated carbocycles. The summed E-state index contributed by atoms with van der Waals surface area (Å²) in [5.74, 6) is -2.34. The Bertz CT molecular complexity index is 617. The highest BCUT2D eigenvalue weighted by Gasteiger charge is 2.24. The van der Waals surface area contributed by atoms with Crippen LogP contribution in [0.15, 0.2) is 54.6 Å². The van der Waals surface area contributed by atoms with E-state index >= 15 is 0 Å². The molecule has 21 heavy (non-hydrogen) atoms. The van der Waals surface area contributed by atoms with Gasteiger partial charge in [0.15, 0.2) is 5.78 Å². The monoisotopic (exact) mass is 284 g/mol. The highest BCUT2D eigenvalue weighted by molar-refractivity contribution is 6.08. The summed E-state index contributed by atoms with van der Waals surface area (Å²) in [6.07, 6.45) is 0.781. The van der Waals surface area contributed by atoms with Gasteiger partial charge in [-0.1, -0.05) is 54.6 Å². The predicted octanol–water partition coefficient (Wildman–Crippen LogP) is 3.11. The minimum atomic E-state index is -1.02. The van der Waals surface area contributed by atoms with Gasteiger partial charge in [-0.05, 0) is 24.5 Å². The number of rotatable bonds is 5. The normalized spacial score (nSPS) is 11.7. The molecular formula is C17H16O4. The van der Waals surface area contributed by atoms with E-state index in [0.29, 0.717) is 5.56 Å². The van der Waals surface area contributed by atoms with Gasteiger partial charge in [0, 0.05) is 5.56 Å². The van der Waals surface area contributed by atoms with E-state index in [4.69, 9.17) is 5.26 Å². The van der Waals surface area contributed by atoms with E-state index in [1.165, 1.54) is 12.5 Å². The molecule has 2 aromatic carbocycles. The lowest BCUT2D eigenvalue weighted by Crippen LogP contribution is -2.22. The molecule has 0 amide bonds. The van der Waals surface area contributed by atoms with Gasteiger partial charge in [0.2, 0.25) is 0 Å². The molecule has 0 aromatic heterocycles. The van der Waals surface area contributed by atoms with Crippen molar-refractivity contribution in [1.82, 2.24) is 0 Å². The molecular weight excluding hydrogens is 268 g/mol. The molecule has 1 unspecified atom stereocenters. The summed E-state index contributed by atoms with van der Waals surface area (Å²) < 4.78 is 0. The van der Waals surface area contributed by atoms with Gasteiger partial charge in [-0.15, -0.1) is 0 Å². The predicted molar refractivity (Wildman–Crippen MR) is 77.9 cm³/mol. The fourth-order valence-electron chi connectivity index (χ4n) is 2.05. The van der Waals surface area contributed by atoms with Crippen molar-refractivity contribution in [3.05, 3.63) is 71.3 Å². The molecule has 1 atom stereocenters. The minimum absolute atomic E-state index is 0.375. The van der Waals surface area contributed by atoms with E-state index in [0.717, 1.165) is 12.0 Å². The molecule has 2 rings (SSSR count). The molecule has 2 aromatic rings. The Hall–Kier alpha value is -2.46. The van der Waals surface area contributed by atoms with E-state index in [9.17, 15) is 9.59 Å². The van der Waals surface area contributed by atoms with Crippen LogP contribution in [0.3, 0.4) is 0 Å². The van der Waals surface area contributed by atoms with Crippen LogP contribution in [0.25, 0.3) is 0 Å². The van der Waals surface area contributed by atoms with Crippen molar-refractivity contribution >= 4 is 11.8 Å².